The van der Waals surface area contributed by atoms with Crippen LogP contribution in [0, 0.1) is 0 Å². The summed E-state index contributed by atoms with van der Waals surface area (Å²) in [5, 5.41) is 0. The van der Waals surface area contributed by atoms with Crippen LogP contribution in [-0.2, 0) is 9.47 Å². The molecule has 0 aliphatic rings. The average molecular weight is 1000 g/mol. The van der Waals surface area contributed by atoms with Crippen LogP contribution in [0.4, 0.5) is 0 Å². The lowest BCUT2D eigenvalue weighted by atomic mass is 10.0. The molecule has 0 unspecified atom stereocenters. The molecule has 0 aromatic heterocycles. The Kier molecular flexibility index (Phi) is 23.3. The van der Waals surface area contributed by atoms with Crippen molar-refractivity contribution in [3.8, 4) is 45.3 Å². The van der Waals surface area contributed by atoms with Gasteiger partial charge in [0, 0.05) is 0 Å². The first-order valence-corrected chi connectivity index (χ1v) is 26.8. The van der Waals surface area contributed by atoms with E-state index in [2.05, 4.69) is 13.8 Å². The topological polar surface area (TPSA) is 124 Å². The van der Waals surface area contributed by atoms with Crippen LogP contribution in [0.15, 0.2) is 146 Å². The van der Waals surface area contributed by atoms with Crippen molar-refractivity contribution < 1.29 is 47.6 Å². The van der Waals surface area contributed by atoms with Gasteiger partial charge in [-0.05, 0) is 172 Å². The van der Waals surface area contributed by atoms with E-state index in [4.69, 9.17) is 28.4 Å². The van der Waals surface area contributed by atoms with E-state index in [9.17, 15) is 19.2 Å². The summed E-state index contributed by atoms with van der Waals surface area (Å²) in [4.78, 5) is 51.0. The molecule has 0 N–H and O–H groups in total. The van der Waals surface area contributed by atoms with Gasteiger partial charge in [-0.15, -0.1) is 0 Å². The monoisotopic (exact) mass is 1000 g/mol. The molecule has 0 bridgehead atoms. The molecule has 0 saturated carbocycles. The largest absolute Gasteiger partial charge is 0.494 e. The second-order valence-electron chi connectivity index (χ2n) is 19.0. The fourth-order valence-electron chi connectivity index (χ4n) is 8.36. The van der Waals surface area contributed by atoms with Gasteiger partial charge in [0.1, 0.15) is 23.0 Å². The van der Waals surface area contributed by atoms with Gasteiger partial charge < -0.3 is 28.4 Å². The first kappa shape index (κ1) is 56.1. The summed E-state index contributed by atoms with van der Waals surface area (Å²) in [6, 6.07) is 43.2. The standard InChI is InChI=1S/C64H74O10/c1-5-7-9-15-19-47(3)71-61(65)53-25-21-49(22-26-53)51-29-41-59(42-30-51)73-63(67)55-33-37-57(38-34-55)69-45-17-13-11-12-14-18-46-70-58-39-35-56(36-40-58)64(68)74-60-43-31-52(32-44-60)50-23-27-54(28-24-50)62(66)72-48(4)20-16-10-8-6-2/h21-44,47-48H,5-20,45-46H2,1-4H3/t47-,48-/m1/s1. The van der Waals surface area contributed by atoms with E-state index >= 15 is 0 Å². The quantitative estimate of drug-likeness (QED) is 0.0236. The highest BCUT2D eigenvalue weighted by atomic mass is 16.6. The first-order valence-electron chi connectivity index (χ1n) is 26.8. The van der Waals surface area contributed by atoms with Crippen LogP contribution in [0.2, 0.25) is 0 Å². The molecule has 6 aromatic rings. The minimum atomic E-state index is -0.452. The van der Waals surface area contributed by atoms with Gasteiger partial charge in [0.2, 0.25) is 0 Å². The highest BCUT2D eigenvalue weighted by molar-refractivity contribution is 5.93. The Balaban J connectivity index is 0.792. The number of hydrogen-bond donors (Lipinski definition) is 0. The summed E-state index contributed by atoms with van der Waals surface area (Å²) in [7, 11) is 0. The van der Waals surface area contributed by atoms with Crippen molar-refractivity contribution in [1.29, 1.82) is 0 Å². The Morgan fingerprint density at radius 3 is 0.932 bits per heavy atom. The van der Waals surface area contributed by atoms with E-state index in [0.717, 1.165) is 99.3 Å². The Labute approximate surface area is 438 Å². The van der Waals surface area contributed by atoms with Crippen molar-refractivity contribution in [3.05, 3.63) is 168 Å². The van der Waals surface area contributed by atoms with E-state index in [-0.39, 0.29) is 24.1 Å². The third-order valence-electron chi connectivity index (χ3n) is 12.8. The van der Waals surface area contributed by atoms with E-state index in [1.54, 1.807) is 97.1 Å². The molecule has 2 atom stereocenters. The van der Waals surface area contributed by atoms with Crippen LogP contribution in [-0.4, -0.2) is 49.3 Å². The van der Waals surface area contributed by atoms with Gasteiger partial charge in [0.15, 0.2) is 0 Å². The van der Waals surface area contributed by atoms with Gasteiger partial charge in [-0.3, -0.25) is 0 Å². The number of benzene rings is 6. The van der Waals surface area contributed by atoms with Gasteiger partial charge in [-0.25, -0.2) is 19.2 Å². The maximum absolute atomic E-state index is 12.9. The third kappa shape index (κ3) is 19.0. The highest BCUT2D eigenvalue weighted by Crippen LogP contribution is 2.27. The second-order valence-corrected chi connectivity index (χ2v) is 19.0. The fourth-order valence-corrected chi connectivity index (χ4v) is 8.36. The van der Waals surface area contributed by atoms with E-state index in [1.165, 1.54) is 25.7 Å². The predicted octanol–water partition coefficient (Wildman–Crippen LogP) is 16.3. The number of esters is 4. The molecule has 0 heterocycles. The summed E-state index contributed by atoms with van der Waals surface area (Å²) < 4.78 is 34.4. The minimum absolute atomic E-state index is 0.111. The van der Waals surface area contributed by atoms with Gasteiger partial charge in [0.25, 0.3) is 0 Å². The molecule has 74 heavy (non-hydrogen) atoms. The van der Waals surface area contributed by atoms with E-state index in [1.807, 2.05) is 62.4 Å². The van der Waals surface area contributed by atoms with Crippen molar-refractivity contribution in [2.45, 2.75) is 143 Å². The smallest absolute Gasteiger partial charge is 0.343 e. The van der Waals surface area contributed by atoms with Gasteiger partial charge in [0.05, 0.1) is 47.7 Å². The molecule has 0 aliphatic heterocycles. The average Bonchev–Trinajstić information content (AvgIpc) is 3.42. The number of unbranched alkanes of at least 4 members (excludes halogenated alkanes) is 11. The lowest BCUT2D eigenvalue weighted by Crippen LogP contribution is -2.15. The number of rotatable bonds is 31. The van der Waals surface area contributed by atoms with Crippen molar-refractivity contribution in [2.24, 2.45) is 0 Å². The summed E-state index contributed by atoms with van der Waals surface area (Å²) >= 11 is 0. The fraction of sp³-hybridized carbons (Fsp3) is 0.375. The van der Waals surface area contributed by atoms with Gasteiger partial charge in [-0.2, -0.15) is 0 Å². The molecule has 390 valence electrons. The zero-order chi connectivity index (χ0) is 52.3. The van der Waals surface area contributed by atoms with Gasteiger partial charge in [-0.1, -0.05) is 127 Å². The zero-order valence-electron chi connectivity index (χ0n) is 43.8. The maximum atomic E-state index is 12.9. The Morgan fingerprint density at radius 1 is 0.324 bits per heavy atom. The van der Waals surface area contributed by atoms with Gasteiger partial charge >= 0.3 is 23.9 Å². The molecule has 10 nitrogen and oxygen atoms in total. The lowest BCUT2D eigenvalue weighted by Gasteiger charge is -2.13. The Morgan fingerprint density at radius 2 is 0.595 bits per heavy atom. The summed E-state index contributed by atoms with van der Waals surface area (Å²) in [6.45, 7) is 9.44. The molecule has 10 heteroatoms. The molecule has 6 rings (SSSR count). The second kappa shape index (κ2) is 30.7. The predicted molar refractivity (Wildman–Crippen MR) is 293 cm³/mol. The molecule has 6 aromatic carbocycles. The van der Waals surface area contributed by atoms with Crippen LogP contribution in [0.1, 0.15) is 172 Å². The Bertz CT molecular complexity index is 2420. The van der Waals surface area contributed by atoms with Crippen molar-refractivity contribution in [1.82, 2.24) is 0 Å². The number of ether oxygens (including phenoxy) is 6. The summed E-state index contributed by atoms with van der Waals surface area (Å²) in [5.41, 5.74) is 5.65. The van der Waals surface area contributed by atoms with Crippen LogP contribution >= 0.6 is 0 Å². The summed E-state index contributed by atoms with van der Waals surface area (Å²) in [5.74, 6) is 0.755. The molecule has 0 radical (unpaired) electrons. The van der Waals surface area contributed by atoms with Crippen LogP contribution in [0.25, 0.3) is 22.3 Å². The van der Waals surface area contributed by atoms with E-state index in [0.29, 0.717) is 58.5 Å². The SMILES string of the molecule is CCCCCC[C@@H](C)OC(=O)c1ccc(-c2ccc(OC(=O)c3ccc(OCCCCCCCCOc4ccc(C(=O)Oc5ccc(-c6ccc(C(=O)O[C@H](C)CCCCCC)cc6)cc5)cc4)cc3)cc2)cc1. The number of carbonyl (C=O) groups is 4. The van der Waals surface area contributed by atoms with E-state index < -0.39 is 11.9 Å². The normalized spacial score (nSPS) is 11.8. The first-order chi connectivity index (χ1) is 36.1. The molecule has 0 fully saturated rings. The molecule has 0 amide bonds. The highest BCUT2D eigenvalue weighted by Gasteiger charge is 2.16. The number of carbonyl (C=O) groups excluding carboxylic acids is 4. The maximum Gasteiger partial charge on any atom is 0.343 e. The van der Waals surface area contributed by atoms with Crippen LogP contribution < -0.4 is 18.9 Å². The molecule has 0 saturated heterocycles. The minimum Gasteiger partial charge on any atom is -0.494 e. The van der Waals surface area contributed by atoms with Crippen molar-refractivity contribution >= 4 is 23.9 Å². The molecule has 0 spiro atoms. The number of hydrogen-bond acceptors (Lipinski definition) is 10. The summed E-state index contributed by atoms with van der Waals surface area (Å²) in [6.07, 6.45) is 16.9. The van der Waals surface area contributed by atoms with Crippen LogP contribution in [0.5, 0.6) is 23.0 Å². The third-order valence-corrected chi connectivity index (χ3v) is 12.8. The van der Waals surface area contributed by atoms with Crippen LogP contribution in [0.3, 0.4) is 0 Å². The Hall–Kier alpha value is -7.20. The molecular weight excluding hydrogens is 929 g/mol. The zero-order valence-corrected chi connectivity index (χ0v) is 43.8. The van der Waals surface area contributed by atoms with Crippen molar-refractivity contribution in [2.75, 3.05) is 13.2 Å². The van der Waals surface area contributed by atoms with Crippen molar-refractivity contribution in [3.63, 3.8) is 0 Å². The lowest BCUT2D eigenvalue weighted by molar-refractivity contribution is 0.0309. The molecule has 0 aliphatic carbocycles. The molecular formula is C64H74O10.